The molecule has 1 aromatic carbocycles. The summed E-state index contributed by atoms with van der Waals surface area (Å²) in [7, 11) is 0. The van der Waals surface area contributed by atoms with Crippen LogP contribution >= 0.6 is 11.6 Å². The van der Waals surface area contributed by atoms with Gasteiger partial charge < -0.3 is 4.98 Å². The summed E-state index contributed by atoms with van der Waals surface area (Å²) in [6.07, 6.45) is 10.1. The van der Waals surface area contributed by atoms with E-state index in [0.717, 1.165) is 28.8 Å². The van der Waals surface area contributed by atoms with E-state index in [1.165, 1.54) is 32.1 Å². The molecule has 1 aromatic heterocycles. The molecule has 2 nitrogen and oxygen atoms in total. The molecule has 1 fully saturated rings. The van der Waals surface area contributed by atoms with Crippen LogP contribution in [0.25, 0.3) is 10.9 Å². The topological polar surface area (TPSA) is 32.9 Å². The molecule has 0 aliphatic heterocycles. The van der Waals surface area contributed by atoms with Crippen molar-refractivity contribution in [3.05, 3.63) is 35.0 Å². The molecular formula is C17H20ClNO. The largest absolute Gasteiger partial charge is 0.359 e. The third kappa shape index (κ3) is 2.76. The number of carbonyl (C=O) groups is 1. The Balaban J connectivity index is 1.71. The van der Waals surface area contributed by atoms with E-state index in [-0.39, 0.29) is 5.78 Å². The van der Waals surface area contributed by atoms with Crippen molar-refractivity contribution in [1.82, 2.24) is 4.98 Å². The number of nitrogens with one attached hydrogen (secondary N) is 1. The molecule has 0 amide bonds. The first-order valence-electron chi connectivity index (χ1n) is 7.54. The molecule has 0 spiro atoms. The van der Waals surface area contributed by atoms with Gasteiger partial charge in [0.25, 0.3) is 0 Å². The number of rotatable bonds is 4. The molecule has 0 saturated heterocycles. The molecule has 3 heteroatoms. The van der Waals surface area contributed by atoms with Gasteiger partial charge in [0.05, 0.1) is 10.5 Å². The average Bonchev–Trinajstić information content (AvgIpc) is 2.91. The fraction of sp³-hybridized carbons (Fsp3) is 0.471. The first-order chi connectivity index (χ1) is 9.75. The SMILES string of the molecule is O=C(CCC1CCCCC1)c1c[nH]c2c(Cl)cccc12. The monoisotopic (exact) mass is 289 g/mol. The van der Waals surface area contributed by atoms with Gasteiger partial charge in [0.2, 0.25) is 0 Å². The number of Topliss-reactive ketones (excluding diaryl/α,β-unsaturated/α-hetero) is 1. The second-order valence-electron chi connectivity index (χ2n) is 5.83. The summed E-state index contributed by atoms with van der Waals surface area (Å²) in [5.74, 6) is 0.991. The Hall–Kier alpha value is -1.28. The van der Waals surface area contributed by atoms with Crippen LogP contribution < -0.4 is 0 Å². The van der Waals surface area contributed by atoms with E-state index in [9.17, 15) is 4.79 Å². The van der Waals surface area contributed by atoms with Crippen LogP contribution in [-0.4, -0.2) is 10.8 Å². The fourth-order valence-electron chi connectivity index (χ4n) is 3.29. The highest BCUT2D eigenvalue weighted by molar-refractivity contribution is 6.35. The molecule has 3 rings (SSSR count). The summed E-state index contributed by atoms with van der Waals surface area (Å²) in [6, 6.07) is 5.71. The zero-order valence-corrected chi connectivity index (χ0v) is 12.4. The third-order valence-electron chi connectivity index (χ3n) is 4.47. The van der Waals surface area contributed by atoms with Gasteiger partial charge in [-0.2, -0.15) is 0 Å². The number of aromatic nitrogens is 1. The molecule has 0 bridgehead atoms. The Morgan fingerprint density at radius 2 is 2.05 bits per heavy atom. The van der Waals surface area contributed by atoms with Crippen molar-refractivity contribution in [1.29, 1.82) is 0 Å². The summed E-state index contributed by atoms with van der Waals surface area (Å²) in [5, 5.41) is 1.62. The highest BCUT2D eigenvalue weighted by atomic mass is 35.5. The molecule has 1 heterocycles. The van der Waals surface area contributed by atoms with Crippen LogP contribution in [0.1, 0.15) is 55.3 Å². The van der Waals surface area contributed by atoms with Gasteiger partial charge in [-0.15, -0.1) is 0 Å². The Morgan fingerprint density at radius 3 is 2.85 bits per heavy atom. The molecule has 106 valence electrons. The van der Waals surface area contributed by atoms with Crippen molar-refractivity contribution in [2.75, 3.05) is 0 Å². The van der Waals surface area contributed by atoms with E-state index in [0.29, 0.717) is 11.4 Å². The number of aromatic amines is 1. The number of carbonyl (C=O) groups excluding carboxylic acids is 1. The molecule has 0 atom stereocenters. The molecule has 0 unspecified atom stereocenters. The third-order valence-corrected chi connectivity index (χ3v) is 4.78. The normalized spacial score (nSPS) is 16.6. The van der Waals surface area contributed by atoms with Crippen LogP contribution in [-0.2, 0) is 0 Å². The number of ketones is 1. The van der Waals surface area contributed by atoms with E-state index in [4.69, 9.17) is 11.6 Å². The molecule has 1 aliphatic rings. The van der Waals surface area contributed by atoms with E-state index in [2.05, 4.69) is 4.98 Å². The van der Waals surface area contributed by atoms with E-state index in [1.807, 2.05) is 18.2 Å². The molecule has 20 heavy (non-hydrogen) atoms. The Labute approximate surface area is 124 Å². The van der Waals surface area contributed by atoms with Crippen LogP contribution in [0.2, 0.25) is 5.02 Å². The summed E-state index contributed by atoms with van der Waals surface area (Å²) in [5.41, 5.74) is 1.66. The van der Waals surface area contributed by atoms with Crippen molar-refractivity contribution >= 4 is 28.3 Å². The van der Waals surface area contributed by atoms with Gasteiger partial charge in [0.1, 0.15) is 0 Å². The van der Waals surface area contributed by atoms with E-state index in [1.54, 1.807) is 6.20 Å². The van der Waals surface area contributed by atoms with Crippen LogP contribution in [0.5, 0.6) is 0 Å². The van der Waals surface area contributed by atoms with E-state index < -0.39 is 0 Å². The number of hydrogen-bond acceptors (Lipinski definition) is 1. The first kappa shape index (κ1) is 13.7. The lowest BCUT2D eigenvalue weighted by Crippen LogP contribution is -2.09. The summed E-state index contributed by atoms with van der Waals surface area (Å²) in [4.78, 5) is 15.5. The smallest absolute Gasteiger partial charge is 0.165 e. The summed E-state index contributed by atoms with van der Waals surface area (Å²) < 4.78 is 0. The second-order valence-corrected chi connectivity index (χ2v) is 6.24. The van der Waals surface area contributed by atoms with Crippen LogP contribution in [0.15, 0.2) is 24.4 Å². The number of benzene rings is 1. The van der Waals surface area contributed by atoms with Gasteiger partial charge in [0.15, 0.2) is 5.78 Å². The molecule has 1 aliphatic carbocycles. The number of halogens is 1. The summed E-state index contributed by atoms with van der Waals surface area (Å²) >= 11 is 6.13. The van der Waals surface area contributed by atoms with Gasteiger partial charge in [-0.25, -0.2) is 0 Å². The maximum absolute atomic E-state index is 12.4. The first-order valence-corrected chi connectivity index (χ1v) is 7.92. The Kier molecular flexibility index (Phi) is 4.11. The average molecular weight is 290 g/mol. The van der Waals surface area contributed by atoms with Crippen LogP contribution in [0.3, 0.4) is 0 Å². The molecule has 1 saturated carbocycles. The van der Waals surface area contributed by atoms with Crippen molar-refractivity contribution in [3.8, 4) is 0 Å². The minimum Gasteiger partial charge on any atom is -0.359 e. The van der Waals surface area contributed by atoms with Gasteiger partial charge >= 0.3 is 0 Å². The highest BCUT2D eigenvalue weighted by Crippen LogP contribution is 2.30. The van der Waals surface area contributed by atoms with Crippen molar-refractivity contribution in [2.45, 2.75) is 44.9 Å². The van der Waals surface area contributed by atoms with Crippen molar-refractivity contribution in [2.24, 2.45) is 5.92 Å². The van der Waals surface area contributed by atoms with Crippen molar-refractivity contribution < 1.29 is 4.79 Å². The highest BCUT2D eigenvalue weighted by Gasteiger charge is 2.17. The fourth-order valence-corrected chi connectivity index (χ4v) is 3.52. The van der Waals surface area contributed by atoms with Gasteiger partial charge in [-0.1, -0.05) is 55.8 Å². The lowest BCUT2D eigenvalue weighted by molar-refractivity contribution is 0.0972. The maximum atomic E-state index is 12.4. The molecular weight excluding hydrogens is 270 g/mol. The van der Waals surface area contributed by atoms with Gasteiger partial charge in [-0.3, -0.25) is 4.79 Å². The van der Waals surface area contributed by atoms with Gasteiger partial charge in [0, 0.05) is 23.6 Å². The minimum atomic E-state index is 0.240. The second kappa shape index (κ2) is 6.01. The predicted octanol–water partition coefficient (Wildman–Crippen LogP) is 5.36. The van der Waals surface area contributed by atoms with Crippen LogP contribution in [0.4, 0.5) is 0 Å². The lowest BCUT2D eigenvalue weighted by Gasteiger charge is -2.20. The van der Waals surface area contributed by atoms with Crippen LogP contribution in [0, 0.1) is 5.92 Å². The standard InChI is InChI=1S/C17H20ClNO/c18-15-8-4-7-13-14(11-19-17(13)15)16(20)10-9-12-5-2-1-3-6-12/h4,7-8,11-12,19H,1-3,5-6,9-10H2. The number of H-pyrrole nitrogens is 1. The maximum Gasteiger partial charge on any atom is 0.165 e. The number of para-hydroxylation sites is 1. The van der Waals surface area contributed by atoms with Crippen molar-refractivity contribution in [3.63, 3.8) is 0 Å². The summed E-state index contributed by atoms with van der Waals surface area (Å²) in [6.45, 7) is 0. The molecule has 2 aromatic rings. The quantitative estimate of drug-likeness (QED) is 0.755. The predicted molar refractivity (Wildman–Crippen MR) is 83.4 cm³/mol. The minimum absolute atomic E-state index is 0.240. The molecule has 1 N–H and O–H groups in total. The number of hydrogen-bond donors (Lipinski definition) is 1. The zero-order chi connectivity index (χ0) is 13.9. The Morgan fingerprint density at radius 1 is 1.25 bits per heavy atom. The number of fused-ring (bicyclic) bond motifs is 1. The Bertz CT molecular complexity index is 610. The van der Waals surface area contributed by atoms with E-state index >= 15 is 0 Å². The lowest BCUT2D eigenvalue weighted by atomic mass is 9.85. The molecule has 0 radical (unpaired) electrons. The van der Waals surface area contributed by atoms with Gasteiger partial charge in [-0.05, 0) is 18.4 Å². The zero-order valence-electron chi connectivity index (χ0n) is 11.6.